The monoisotopic (exact) mass is 256 g/mol. The summed E-state index contributed by atoms with van der Waals surface area (Å²) in [6.45, 7) is 10.6. The van der Waals surface area contributed by atoms with Gasteiger partial charge in [-0.1, -0.05) is 20.8 Å². The minimum absolute atomic E-state index is 0.237. The Bertz CT molecular complexity index is 317. The number of aryl methyl sites for hydroxylation is 1. The number of rotatable bonds is 1. The van der Waals surface area contributed by atoms with E-state index in [0.29, 0.717) is 0 Å². The number of aromatic nitrogens is 2. The molecule has 1 heterocycles. The zero-order valence-electron chi connectivity index (χ0n) is 9.48. The minimum Gasteiger partial charge on any atom is -0.238 e. The van der Waals surface area contributed by atoms with Crippen LogP contribution >= 0.6 is 15.9 Å². The van der Waals surface area contributed by atoms with E-state index >= 15 is 0 Å². The molecule has 0 radical (unpaired) electrons. The molecular weight excluding hydrogens is 240 g/mol. The van der Waals surface area contributed by atoms with Gasteiger partial charge in [0.1, 0.15) is 10.4 Å². The Morgan fingerprint density at radius 3 is 2.14 bits per heavy atom. The molecule has 0 aliphatic rings. The lowest BCUT2D eigenvalue weighted by atomic mass is 9.92. The highest BCUT2D eigenvalue weighted by Crippen LogP contribution is 2.21. The molecule has 0 aliphatic heterocycles. The summed E-state index contributed by atoms with van der Waals surface area (Å²) in [5, 5.41) is 0. The molecular formula is C11H17BrN2. The number of hydrogen-bond donors (Lipinski definition) is 0. The molecule has 0 saturated heterocycles. The first-order valence-corrected chi connectivity index (χ1v) is 5.58. The summed E-state index contributed by atoms with van der Waals surface area (Å²) in [5.74, 6) is 0.924. The van der Waals surface area contributed by atoms with Crippen molar-refractivity contribution >= 4 is 15.9 Å². The quantitative estimate of drug-likeness (QED) is 0.720. The molecule has 0 aromatic carbocycles. The van der Waals surface area contributed by atoms with Crippen molar-refractivity contribution < 1.29 is 0 Å². The van der Waals surface area contributed by atoms with Crippen LogP contribution in [0.25, 0.3) is 0 Å². The Kier molecular flexibility index (Phi) is 3.30. The van der Waals surface area contributed by atoms with Gasteiger partial charge in [0.05, 0.1) is 0 Å². The summed E-state index contributed by atoms with van der Waals surface area (Å²) < 4.78 is 0.921. The summed E-state index contributed by atoms with van der Waals surface area (Å²) in [5.41, 5.74) is 2.43. The van der Waals surface area contributed by atoms with Gasteiger partial charge in [-0.25, -0.2) is 9.97 Å². The fourth-order valence-electron chi connectivity index (χ4n) is 1.20. The number of nitrogens with zero attached hydrogens (tertiary/aromatic N) is 2. The zero-order chi connectivity index (χ0) is 10.9. The number of halogens is 1. The van der Waals surface area contributed by atoms with Gasteiger partial charge in [0.2, 0.25) is 0 Å². The summed E-state index contributed by atoms with van der Waals surface area (Å²) in [6.07, 6.45) is 0.909. The Balaban J connectivity index is 3.02. The molecule has 0 bridgehead atoms. The highest BCUT2D eigenvalue weighted by molar-refractivity contribution is 9.10. The molecule has 0 fully saturated rings. The lowest BCUT2D eigenvalue weighted by molar-refractivity contribution is 0.399. The highest BCUT2D eigenvalue weighted by Gasteiger charge is 2.15. The van der Waals surface area contributed by atoms with E-state index < -0.39 is 0 Å². The molecule has 1 aromatic rings. The van der Waals surface area contributed by atoms with Gasteiger partial charge in [0.15, 0.2) is 0 Å². The number of hydrogen-bond acceptors (Lipinski definition) is 2. The lowest BCUT2D eigenvalue weighted by Crippen LogP contribution is -2.13. The van der Waals surface area contributed by atoms with Crippen molar-refractivity contribution in [3.05, 3.63) is 21.7 Å². The summed E-state index contributed by atoms with van der Waals surface area (Å²) in [4.78, 5) is 8.90. The molecule has 1 aromatic heterocycles. The van der Waals surface area contributed by atoms with Crippen LogP contribution in [-0.4, -0.2) is 9.97 Å². The standard InChI is InChI=1S/C11H17BrN2/c1-7-8(2)13-9(14-10(7)12)6-11(3,4)5/h6H2,1-5H3. The fourth-order valence-corrected chi connectivity index (χ4v) is 1.69. The second-order valence-corrected chi connectivity index (χ2v) is 5.63. The molecule has 3 heteroatoms. The maximum Gasteiger partial charge on any atom is 0.130 e. The van der Waals surface area contributed by atoms with Gasteiger partial charge in [-0.05, 0) is 35.2 Å². The van der Waals surface area contributed by atoms with E-state index in [2.05, 4.69) is 46.7 Å². The van der Waals surface area contributed by atoms with Crippen molar-refractivity contribution in [3.63, 3.8) is 0 Å². The minimum atomic E-state index is 0.237. The molecule has 0 aliphatic carbocycles. The average molecular weight is 257 g/mol. The van der Waals surface area contributed by atoms with Crippen molar-refractivity contribution in [2.45, 2.75) is 41.0 Å². The van der Waals surface area contributed by atoms with E-state index in [0.717, 1.165) is 28.1 Å². The fraction of sp³-hybridized carbons (Fsp3) is 0.636. The van der Waals surface area contributed by atoms with Crippen LogP contribution in [0.15, 0.2) is 4.60 Å². The van der Waals surface area contributed by atoms with E-state index in [1.807, 2.05) is 13.8 Å². The zero-order valence-corrected chi connectivity index (χ0v) is 11.1. The summed E-state index contributed by atoms with van der Waals surface area (Å²) in [7, 11) is 0. The highest BCUT2D eigenvalue weighted by atomic mass is 79.9. The Hall–Kier alpha value is -0.440. The average Bonchev–Trinajstić information content (AvgIpc) is 1.96. The third-order valence-electron chi connectivity index (χ3n) is 2.06. The van der Waals surface area contributed by atoms with Crippen molar-refractivity contribution in [1.82, 2.24) is 9.97 Å². The van der Waals surface area contributed by atoms with Gasteiger partial charge < -0.3 is 0 Å². The molecule has 78 valence electrons. The van der Waals surface area contributed by atoms with Crippen LogP contribution < -0.4 is 0 Å². The van der Waals surface area contributed by atoms with Crippen molar-refractivity contribution in [2.75, 3.05) is 0 Å². The second-order valence-electron chi connectivity index (χ2n) is 4.88. The molecule has 2 nitrogen and oxygen atoms in total. The largest absolute Gasteiger partial charge is 0.238 e. The third-order valence-corrected chi connectivity index (χ3v) is 2.84. The van der Waals surface area contributed by atoms with Crippen LogP contribution in [0.5, 0.6) is 0 Å². The van der Waals surface area contributed by atoms with Crippen LogP contribution in [0.3, 0.4) is 0 Å². The summed E-state index contributed by atoms with van der Waals surface area (Å²) in [6, 6.07) is 0. The van der Waals surface area contributed by atoms with Crippen molar-refractivity contribution in [3.8, 4) is 0 Å². The Morgan fingerprint density at radius 1 is 1.14 bits per heavy atom. The molecule has 0 atom stereocenters. The second kappa shape index (κ2) is 3.97. The van der Waals surface area contributed by atoms with Gasteiger partial charge in [-0.15, -0.1) is 0 Å². The first kappa shape index (κ1) is 11.6. The molecule has 0 spiro atoms. The van der Waals surface area contributed by atoms with Gasteiger partial charge in [-0.2, -0.15) is 0 Å². The molecule has 0 unspecified atom stereocenters. The lowest BCUT2D eigenvalue weighted by Gasteiger charge is -2.17. The van der Waals surface area contributed by atoms with E-state index in [1.54, 1.807) is 0 Å². The van der Waals surface area contributed by atoms with E-state index in [9.17, 15) is 0 Å². The van der Waals surface area contributed by atoms with Gasteiger partial charge >= 0.3 is 0 Å². The third kappa shape index (κ3) is 3.05. The van der Waals surface area contributed by atoms with Gasteiger partial charge in [-0.3, -0.25) is 0 Å². The maximum atomic E-state index is 4.48. The first-order chi connectivity index (χ1) is 6.29. The van der Waals surface area contributed by atoms with E-state index in [4.69, 9.17) is 0 Å². The smallest absolute Gasteiger partial charge is 0.130 e. The normalized spacial score (nSPS) is 11.9. The summed E-state index contributed by atoms with van der Waals surface area (Å²) >= 11 is 3.45. The first-order valence-electron chi connectivity index (χ1n) is 4.79. The van der Waals surface area contributed by atoms with Gasteiger partial charge in [0, 0.05) is 17.7 Å². The van der Waals surface area contributed by atoms with Crippen LogP contribution in [0.2, 0.25) is 0 Å². The van der Waals surface area contributed by atoms with Crippen molar-refractivity contribution in [2.24, 2.45) is 5.41 Å². The molecule has 14 heavy (non-hydrogen) atoms. The van der Waals surface area contributed by atoms with E-state index in [-0.39, 0.29) is 5.41 Å². The van der Waals surface area contributed by atoms with Crippen molar-refractivity contribution in [1.29, 1.82) is 0 Å². The predicted octanol–water partition coefficient (Wildman–Crippen LogP) is 3.44. The topological polar surface area (TPSA) is 25.8 Å². The van der Waals surface area contributed by atoms with Crippen LogP contribution in [-0.2, 0) is 6.42 Å². The Labute approximate surface area is 94.3 Å². The molecule has 0 N–H and O–H groups in total. The van der Waals surface area contributed by atoms with Crippen LogP contribution in [0.4, 0.5) is 0 Å². The molecule has 0 saturated carbocycles. The SMILES string of the molecule is Cc1nc(CC(C)(C)C)nc(Br)c1C. The van der Waals surface area contributed by atoms with Crippen LogP contribution in [0.1, 0.15) is 37.9 Å². The molecule has 0 amide bonds. The van der Waals surface area contributed by atoms with Crippen LogP contribution in [0, 0.1) is 19.3 Å². The molecule has 1 rings (SSSR count). The van der Waals surface area contributed by atoms with Gasteiger partial charge in [0.25, 0.3) is 0 Å². The maximum absolute atomic E-state index is 4.48. The predicted molar refractivity (Wildman–Crippen MR) is 62.4 cm³/mol. The van der Waals surface area contributed by atoms with E-state index in [1.165, 1.54) is 0 Å². The Morgan fingerprint density at radius 2 is 1.71 bits per heavy atom.